The Labute approximate surface area is 106 Å². The Kier molecular flexibility index (Phi) is 3.39. The number of hydrogen-bond acceptors (Lipinski definition) is 6. The predicted octanol–water partition coefficient (Wildman–Crippen LogP) is 0.862. The number of rotatable bonds is 3. The molecule has 2 aromatic rings. The molecule has 0 aliphatic heterocycles. The van der Waals surface area contributed by atoms with Crippen LogP contribution in [0.25, 0.3) is 0 Å². The molecule has 0 fully saturated rings. The molecular weight excluding hydrogens is 262 g/mol. The van der Waals surface area contributed by atoms with Crippen molar-refractivity contribution in [3.63, 3.8) is 0 Å². The molecule has 17 heavy (non-hydrogen) atoms. The summed E-state index contributed by atoms with van der Waals surface area (Å²) in [6.45, 7) is 0.289. The van der Waals surface area contributed by atoms with Crippen molar-refractivity contribution >= 4 is 28.6 Å². The van der Waals surface area contributed by atoms with E-state index in [4.69, 9.17) is 11.6 Å². The third-order valence-electron chi connectivity index (χ3n) is 2.10. The van der Waals surface area contributed by atoms with Gasteiger partial charge >= 0.3 is 0 Å². The maximum Gasteiger partial charge on any atom is 0.269 e. The van der Waals surface area contributed by atoms with E-state index in [0.29, 0.717) is 9.47 Å². The number of aromatic nitrogens is 4. The van der Waals surface area contributed by atoms with Gasteiger partial charge in [-0.3, -0.25) is 4.79 Å². The summed E-state index contributed by atoms with van der Waals surface area (Å²) in [4.78, 5) is 13.6. The van der Waals surface area contributed by atoms with E-state index in [9.17, 15) is 4.79 Å². The molecule has 0 aliphatic rings. The molecule has 0 saturated heterocycles. The summed E-state index contributed by atoms with van der Waals surface area (Å²) >= 11 is 6.90. The Morgan fingerprint density at radius 3 is 2.76 bits per heavy atom. The Morgan fingerprint density at radius 1 is 1.47 bits per heavy atom. The second-order valence-electron chi connectivity index (χ2n) is 3.55. The summed E-state index contributed by atoms with van der Waals surface area (Å²) in [5.41, 5.74) is 0.587. The standard InChI is InChI=1S/C9H10ClN5OS/c1-14(2)6-3-8(16)15(11-4-6)5-7-12-13-9(10)17-7/h3-4H,5H2,1-2H3. The normalized spacial score (nSPS) is 10.5. The molecule has 2 heterocycles. The molecule has 2 rings (SSSR count). The molecule has 90 valence electrons. The fourth-order valence-electron chi connectivity index (χ4n) is 1.21. The fraction of sp³-hybridized carbons (Fsp3) is 0.333. The van der Waals surface area contributed by atoms with Gasteiger partial charge < -0.3 is 4.90 Å². The number of anilines is 1. The lowest BCUT2D eigenvalue weighted by Crippen LogP contribution is -2.24. The molecular formula is C9H10ClN5OS. The van der Waals surface area contributed by atoms with Gasteiger partial charge in [-0.2, -0.15) is 5.10 Å². The van der Waals surface area contributed by atoms with Gasteiger partial charge in [0.15, 0.2) is 0 Å². The van der Waals surface area contributed by atoms with E-state index in [1.54, 1.807) is 6.20 Å². The van der Waals surface area contributed by atoms with E-state index in [-0.39, 0.29) is 12.1 Å². The Bertz CT molecular complexity index is 579. The van der Waals surface area contributed by atoms with Crippen molar-refractivity contribution in [2.45, 2.75) is 6.54 Å². The van der Waals surface area contributed by atoms with Gasteiger partial charge in [0, 0.05) is 20.2 Å². The van der Waals surface area contributed by atoms with E-state index < -0.39 is 0 Å². The van der Waals surface area contributed by atoms with Gasteiger partial charge in [0.1, 0.15) is 5.01 Å². The van der Waals surface area contributed by atoms with E-state index in [1.807, 2.05) is 19.0 Å². The van der Waals surface area contributed by atoms with Crippen LogP contribution >= 0.6 is 22.9 Å². The van der Waals surface area contributed by atoms with Crippen LogP contribution in [0.3, 0.4) is 0 Å². The summed E-state index contributed by atoms with van der Waals surface area (Å²) in [5.74, 6) is 0. The van der Waals surface area contributed by atoms with Crippen LogP contribution in [0.2, 0.25) is 4.47 Å². The van der Waals surface area contributed by atoms with Crippen LogP contribution in [-0.4, -0.2) is 34.1 Å². The summed E-state index contributed by atoms with van der Waals surface area (Å²) < 4.78 is 1.68. The molecule has 0 bridgehead atoms. The molecule has 0 radical (unpaired) electrons. The molecule has 0 saturated carbocycles. The molecule has 2 aromatic heterocycles. The average molecular weight is 272 g/mol. The van der Waals surface area contributed by atoms with Crippen LogP contribution in [0.1, 0.15) is 5.01 Å². The van der Waals surface area contributed by atoms with Gasteiger partial charge in [-0.1, -0.05) is 11.3 Å². The van der Waals surface area contributed by atoms with Gasteiger partial charge in [-0.05, 0) is 11.6 Å². The maximum atomic E-state index is 11.8. The minimum absolute atomic E-state index is 0.178. The highest BCUT2D eigenvalue weighted by Crippen LogP contribution is 2.15. The zero-order chi connectivity index (χ0) is 12.4. The van der Waals surface area contributed by atoms with Crippen molar-refractivity contribution < 1.29 is 0 Å². The SMILES string of the molecule is CN(C)c1cnn(Cc2nnc(Cl)s2)c(=O)c1. The summed E-state index contributed by atoms with van der Waals surface area (Å²) in [6.07, 6.45) is 1.63. The summed E-state index contributed by atoms with van der Waals surface area (Å²) in [5, 5.41) is 12.2. The molecule has 0 aromatic carbocycles. The molecule has 6 nitrogen and oxygen atoms in total. The van der Waals surface area contributed by atoms with Crippen molar-refractivity contribution in [3.8, 4) is 0 Å². The second-order valence-corrected chi connectivity index (χ2v) is 5.20. The quantitative estimate of drug-likeness (QED) is 0.829. The van der Waals surface area contributed by atoms with Crippen molar-refractivity contribution in [2.24, 2.45) is 0 Å². The third-order valence-corrected chi connectivity index (χ3v) is 3.10. The molecule has 8 heteroatoms. The maximum absolute atomic E-state index is 11.8. The smallest absolute Gasteiger partial charge is 0.269 e. The first-order valence-electron chi connectivity index (χ1n) is 4.78. The number of hydrogen-bond donors (Lipinski definition) is 0. The van der Waals surface area contributed by atoms with E-state index in [1.165, 1.54) is 22.1 Å². The fourth-order valence-corrected chi connectivity index (χ4v) is 2.06. The number of halogens is 1. The van der Waals surface area contributed by atoms with Crippen LogP contribution in [0.4, 0.5) is 5.69 Å². The van der Waals surface area contributed by atoms with Crippen LogP contribution < -0.4 is 10.5 Å². The zero-order valence-electron chi connectivity index (χ0n) is 9.29. The second kappa shape index (κ2) is 4.80. The number of nitrogens with zero attached hydrogens (tertiary/aromatic N) is 5. The predicted molar refractivity (Wildman–Crippen MR) is 66.8 cm³/mol. The zero-order valence-corrected chi connectivity index (χ0v) is 10.9. The van der Waals surface area contributed by atoms with E-state index in [2.05, 4.69) is 15.3 Å². The average Bonchev–Trinajstić information content (AvgIpc) is 2.67. The minimum Gasteiger partial charge on any atom is -0.376 e. The summed E-state index contributed by atoms with van der Waals surface area (Å²) in [7, 11) is 3.70. The first-order chi connectivity index (χ1) is 8.06. The summed E-state index contributed by atoms with van der Waals surface area (Å²) in [6, 6.07) is 1.52. The van der Waals surface area contributed by atoms with Crippen LogP contribution in [0, 0.1) is 0 Å². The molecule has 0 spiro atoms. The molecule has 0 unspecified atom stereocenters. The Balaban J connectivity index is 2.25. The van der Waals surface area contributed by atoms with Crippen LogP contribution in [0.5, 0.6) is 0 Å². The highest BCUT2D eigenvalue weighted by atomic mass is 35.5. The topological polar surface area (TPSA) is 63.9 Å². The Morgan fingerprint density at radius 2 is 2.24 bits per heavy atom. The highest BCUT2D eigenvalue weighted by molar-refractivity contribution is 7.15. The lowest BCUT2D eigenvalue weighted by Gasteiger charge is -2.11. The van der Waals surface area contributed by atoms with Gasteiger partial charge in [-0.25, -0.2) is 4.68 Å². The van der Waals surface area contributed by atoms with Crippen molar-refractivity contribution in [1.29, 1.82) is 0 Å². The Hall–Kier alpha value is -1.47. The van der Waals surface area contributed by atoms with E-state index >= 15 is 0 Å². The van der Waals surface area contributed by atoms with Gasteiger partial charge in [0.05, 0.1) is 18.4 Å². The first kappa shape index (κ1) is 12.0. The van der Waals surface area contributed by atoms with Crippen molar-refractivity contribution in [2.75, 3.05) is 19.0 Å². The molecule has 0 N–H and O–H groups in total. The van der Waals surface area contributed by atoms with Crippen LogP contribution in [-0.2, 0) is 6.54 Å². The monoisotopic (exact) mass is 271 g/mol. The van der Waals surface area contributed by atoms with Gasteiger partial charge in [-0.15, -0.1) is 10.2 Å². The van der Waals surface area contributed by atoms with E-state index in [0.717, 1.165) is 5.69 Å². The van der Waals surface area contributed by atoms with Crippen LogP contribution in [0.15, 0.2) is 17.1 Å². The highest BCUT2D eigenvalue weighted by Gasteiger charge is 2.06. The first-order valence-corrected chi connectivity index (χ1v) is 5.98. The lowest BCUT2D eigenvalue weighted by molar-refractivity contribution is 0.631. The third kappa shape index (κ3) is 2.80. The minimum atomic E-state index is -0.178. The van der Waals surface area contributed by atoms with Crippen molar-refractivity contribution in [3.05, 3.63) is 32.1 Å². The van der Waals surface area contributed by atoms with Crippen molar-refractivity contribution in [1.82, 2.24) is 20.0 Å². The largest absolute Gasteiger partial charge is 0.376 e. The van der Waals surface area contributed by atoms with Gasteiger partial charge in [0.25, 0.3) is 5.56 Å². The molecule has 0 atom stereocenters. The lowest BCUT2D eigenvalue weighted by atomic mass is 10.4. The molecule has 0 aliphatic carbocycles. The van der Waals surface area contributed by atoms with Gasteiger partial charge in [0.2, 0.25) is 4.47 Å². The molecule has 0 amide bonds.